The molecular formula is C23H25F3N4O6S. The van der Waals surface area contributed by atoms with E-state index in [1.165, 1.54) is 35.7 Å². The quantitative estimate of drug-likeness (QED) is 0.372. The molecule has 0 radical (unpaired) electrons. The second kappa shape index (κ2) is 12.0. The molecule has 2 heterocycles. The molecule has 0 saturated carbocycles. The number of amides is 1. The Kier molecular flexibility index (Phi) is 9.08. The van der Waals surface area contributed by atoms with Gasteiger partial charge in [-0.15, -0.1) is 0 Å². The number of likely N-dealkylation sites (N-methyl/N-ethyl adjacent to an activating group) is 1. The first-order valence-corrected chi connectivity index (χ1v) is 12.4. The van der Waals surface area contributed by atoms with E-state index in [-0.39, 0.29) is 42.1 Å². The number of rotatable bonds is 9. The Hall–Kier alpha value is -3.68. The second-order valence-corrected chi connectivity index (χ2v) is 9.07. The van der Waals surface area contributed by atoms with E-state index < -0.39 is 35.8 Å². The molecule has 0 aliphatic rings. The fourth-order valence-corrected chi connectivity index (χ4v) is 4.49. The highest BCUT2D eigenvalue weighted by Gasteiger charge is 2.29. The van der Waals surface area contributed by atoms with Gasteiger partial charge in [0, 0.05) is 18.8 Å². The van der Waals surface area contributed by atoms with Crippen molar-refractivity contribution in [3.8, 4) is 5.75 Å². The van der Waals surface area contributed by atoms with Crippen LogP contribution in [0.25, 0.3) is 11.0 Å². The summed E-state index contributed by atoms with van der Waals surface area (Å²) in [5.41, 5.74) is 1.35. The largest absolute Gasteiger partial charge is 0.508 e. The lowest BCUT2D eigenvalue weighted by molar-refractivity contribution is -0.153. The number of hydrogen-bond donors (Lipinski definition) is 0. The minimum atomic E-state index is -4.52. The summed E-state index contributed by atoms with van der Waals surface area (Å²) in [7, 11) is -0.435. The van der Waals surface area contributed by atoms with Crippen LogP contribution < -0.4 is 4.74 Å². The Morgan fingerprint density at radius 3 is 2.59 bits per heavy atom. The van der Waals surface area contributed by atoms with Crippen LogP contribution in [0, 0.1) is 6.92 Å². The third-order valence-corrected chi connectivity index (χ3v) is 6.29. The third kappa shape index (κ3) is 7.18. The molecule has 14 heteroatoms. The van der Waals surface area contributed by atoms with E-state index in [0.29, 0.717) is 16.6 Å². The lowest BCUT2D eigenvalue weighted by atomic mass is 10.2. The van der Waals surface area contributed by atoms with Crippen LogP contribution in [0.5, 0.6) is 5.75 Å². The number of benzene rings is 1. The molecule has 0 aliphatic carbocycles. The molecule has 1 aromatic carbocycles. The van der Waals surface area contributed by atoms with Gasteiger partial charge in [0.05, 0.1) is 46.4 Å². The van der Waals surface area contributed by atoms with Crippen molar-refractivity contribution in [3.05, 3.63) is 47.8 Å². The first-order valence-electron chi connectivity index (χ1n) is 11.1. The Morgan fingerprint density at radius 2 is 1.89 bits per heavy atom. The summed E-state index contributed by atoms with van der Waals surface area (Å²) >= 11 is 0. The molecule has 0 spiro atoms. The second-order valence-electron chi connectivity index (χ2n) is 7.73. The van der Waals surface area contributed by atoms with Crippen molar-refractivity contribution >= 4 is 34.0 Å². The molecule has 0 unspecified atom stereocenters. The average Bonchev–Trinajstić information content (AvgIpc) is 3.23. The van der Waals surface area contributed by atoms with Gasteiger partial charge in [0.1, 0.15) is 12.4 Å². The summed E-state index contributed by atoms with van der Waals surface area (Å²) < 4.78 is 66.7. The normalized spacial score (nSPS) is 12.3. The summed E-state index contributed by atoms with van der Waals surface area (Å²) in [5, 5.41) is -0.0628. The van der Waals surface area contributed by atoms with Gasteiger partial charge in [0.2, 0.25) is 5.16 Å². The molecule has 3 rings (SSSR count). The maximum absolute atomic E-state index is 13.4. The first-order chi connectivity index (χ1) is 17.5. The molecule has 1 amide bonds. The predicted molar refractivity (Wildman–Crippen MR) is 127 cm³/mol. The van der Waals surface area contributed by atoms with Crippen molar-refractivity contribution < 1.29 is 41.2 Å². The zero-order chi connectivity index (χ0) is 27.2. The highest BCUT2D eigenvalue weighted by molar-refractivity contribution is 7.84. The molecule has 0 bridgehead atoms. The smallest absolute Gasteiger partial charge is 0.484 e. The van der Waals surface area contributed by atoms with Gasteiger partial charge >= 0.3 is 18.4 Å². The molecule has 0 saturated heterocycles. The topological polar surface area (TPSA) is 113 Å². The Balaban J connectivity index is 1.84. The molecule has 10 nitrogen and oxygen atoms in total. The molecule has 37 heavy (non-hydrogen) atoms. The number of carbonyl (C=O) groups excluding carboxylic acids is 2. The van der Waals surface area contributed by atoms with Crippen molar-refractivity contribution in [2.24, 2.45) is 0 Å². The van der Waals surface area contributed by atoms with E-state index >= 15 is 0 Å². The zero-order valence-corrected chi connectivity index (χ0v) is 21.1. The number of halogens is 3. The van der Waals surface area contributed by atoms with Crippen LogP contribution in [-0.4, -0.2) is 75.4 Å². The predicted octanol–water partition coefficient (Wildman–Crippen LogP) is 4.06. The van der Waals surface area contributed by atoms with E-state index in [1.807, 2.05) is 0 Å². The van der Waals surface area contributed by atoms with Crippen molar-refractivity contribution in [1.82, 2.24) is 19.4 Å². The first kappa shape index (κ1) is 27.9. The molecule has 0 aliphatic heterocycles. The Bertz CT molecular complexity index is 1300. The average molecular weight is 543 g/mol. The summed E-state index contributed by atoms with van der Waals surface area (Å²) in [6.07, 6.45) is -4.11. The lowest BCUT2D eigenvalue weighted by Gasteiger charge is -2.19. The van der Waals surface area contributed by atoms with Gasteiger partial charge in [-0.2, -0.15) is 13.2 Å². The molecule has 3 aromatic rings. The van der Waals surface area contributed by atoms with Crippen LogP contribution in [0.2, 0.25) is 0 Å². The van der Waals surface area contributed by atoms with Gasteiger partial charge in [-0.25, -0.2) is 19.1 Å². The van der Waals surface area contributed by atoms with Crippen LogP contribution in [0.3, 0.4) is 0 Å². The molecule has 200 valence electrons. The summed E-state index contributed by atoms with van der Waals surface area (Å²) in [6.45, 7) is 1.71. The van der Waals surface area contributed by atoms with Crippen molar-refractivity contribution in [2.75, 3.05) is 33.4 Å². The highest BCUT2D eigenvalue weighted by atomic mass is 32.2. The number of pyridine rings is 1. The molecule has 0 N–H and O–H groups in total. The van der Waals surface area contributed by atoms with E-state index in [2.05, 4.69) is 14.7 Å². The SMILES string of the molecule is CCOC(=O)OCCN(C)C(=O)n1c([S@@](=O)Cc2nccc(OCC(F)(F)F)c2C)nc2ccccc21. The third-order valence-electron chi connectivity index (χ3n) is 5.08. The number of para-hydroxylation sites is 2. The Morgan fingerprint density at radius 1 is 1.16 bits per heavy atom. The van der Waals surface area contributed by atoms with Gasteiger partial charge in [-0.05, 0) is 32.0 Å². The molecule has 0 fully saturated rings. The fourth-order valence-electron chi connectivity index (χ4n) is 3.24. The number of imidazole rings is 1. The van der Waals surface area contributed by atoms with E-state index in [0.717, 1.165) is 0 Å². The van der Waals surface area contributed by atoms with Gasteiger partial charge in [-0.3, -0.25) is 9.19 Å². The van der Waals surface area contributed by atoms with E-state index in [4.69, 9.17) is 9.47 Å². The van der Waals surface area contributed by atoms with Gasteiger partial charge < -0.3 is 19.1 Å². The number of hydrogen-bond acceptors (Lipinski definition) is 8. The summed E-state index contributed by atoms with van der Waals surface area (Å²) in [6, 6.07) is 7.41. The molecule has 2 aromatic heterocycles. The van der Waals surface area contributed by atoms with Crippen LogP contribution in [0.1, 0.15) is 18.2 Å². The number of fused-ring (bicyclic) bond motifs is 1. The number of alkyl halides is 3. The summed E-state index contributed by atoms with van der Waals surface area (Å²) in [5.74, 6) is -0.258. The van der Waals surface area contributed by atoms with Crippen molar-refractivity contribution in [2.45, 2.75) is 30.9 Å². The highest BCUT2D eigenvalue weighted by Crippen LogP contribution is 2.26. The van der Waals surface area contributed by atoms with Crippen LogP contribution in [0.15, 0.2) is 41.7 Å². The van der Waals surface area contributed by atoms with Gasteiger partial charge in [0.15, 0.2) is 6.61 Å². The monoisotopic (exact) mass is 542 g/mol. The minimum absolute atomic E-state index is 0.0233. The number of nitrogens with zero attached hydrogens (tertiary/aromatic N) is 4. The van der Waals surface area contributed by atoms with Crippen LogP contribution in [-0.2, 0) is 26.0 Å². The van der Waals surface area contributed by atoms with Crippen molar-refractivity contribution in [1.29, 1.82) is 0 Å². The van der Waals surface area contributed by atoms with Gasteiger partial charge in [-0.1, -0.05) is 12.1 Å². The maximum Gasteiger partial charge on any atom is 0.508 e. The van der Waals surface area contributed by atoms with Crippen LogP contribution in [0.4, 0.5) is 22.8 Å². The number of ether oxygens (including phenoxy) is 3. The fraction of sp³-hybridized carbons (Fsp3) is 0.391. The maximum atomic E-state index is 13.4. The standard InChI is InChI=1S/C23H25F3N4O6S/c1-4-34-22(32)35-12-11-29(3)21(31)30-18-8-6-5-7-16(18)28-20(30)37(33)13-17-15(2)19(9-10-27-17)36-14-23(24,25)26/h5-10H,4,11-14H2,1-3H3/t37-/m0/s1. The zero-order valence-electron chi connectivity index (χ0n) is 20.3. The van der Waals surface area contributed by atoms with Gasteiger partial charge in [0.25, 0.3) is 0 Å². The van der Waals surface area contributed by atoms with Crippen LogP contribution >= 0.6 is 0 Å². The number of carbonyl (C=O) groups is 2. The number of aromatic nitrogens is 3. The summed E-state index contributed by atoms with van der Waals surface area (Å²) in [4.78, 5) is 34.5. The molecule has 1 atom stereocenters. The molecular weight excluding hydrogens is 517 g/mol. The lowest BCUT2D eigenvalue weighted by Crippen LogP contribution is -2.35. The van der Waals surface area contributed by atoms with E-state index in [9.17, 15) is 27.0 Å². The van der Waals surface area contributed by atoms with Crippen molar-refractivity contribution in [3.63, 3.8) is 0 Å². The minimum Gasteiger partial charge on any atom is -0.484 e. The van der Waals surface area contributed by atoms with E-state index in [1.54, 1.807) is 31.2 Å². The Labute approximate surface area is 212 Å².